The molecule has 4 rings (SSSR count). The number of aromatic hydroxyl groups is 3. The van der Waals surface area contributed by atoms with Gasteiger partial charge in [0.15, 0.2) is 28.6 Å². The number of rotatable bonds is 5. The van der Waals surface area contributed by atoms with E-state index in [4.69, 9.17) is 23.4 Å². The lowest BCUT2D eigenvalue weighted by molar-refractivity contribution is -0.268. The van der Waals surface area contributed by atoms with Gasteiger partial charge in [0.1, 0.15) is 29.4 Å². The van der Waals surface area contributed by atoms with Gasteiger partial charge in [-0.2, -0.15) is 0 Å². The normalized spacial score (nSPS) is 23.6. The maximum absolute atomic E-state index is 13.7. The summed E-state index contributed by atoms with van der Waals surface area (Å²) in [6, 6.07) is 4.42. The number of phenols is 3. The molecule has 198 valence electrons. The lowest BCUT2D eigenvalue weighted by atomic mass is 10.00. The molecular weight excluding hydrogens is 496 g/mol. The van der Waals surface area contributed by atoms with Gasteiger partial charge in [0.25, 0.3) is 0 Å². The first-order valence-electron chi connectivity index (χ1n) is 10.9. The number of methoxy groups -OCH3 is 1. The van der Waals surface area contributed by atoms with Crippen LogP contribution < -0.4 is 19.6 Å². The maximum atomic E-state index is 13.7. The number of ether oxygens (including phenoxy) is 4. The zero-order chi connectivity index (χ0) is 27.2. The van der Waals surface area contributed by atoms with Gasteiger partial charge >= 0.3 is 5.97 Å². The van der Waals surface area contributed by atoms with Crippen molar-refractivity contribution in [2.45, 2.75) is 44.6 Å². The zero-order valence-electron chi connectivity index (χ0n) is 19.7. The Labute approximate surface area is 208 Å². The summed E-state index contributed by atoms with van der Waals surface area (Å²) in [6.45, 7) is 2.50. The molecular formula is C24H24O13. The van der Waals surface area contributed by atoms with Crippen molar-refractivity contribution in [3.05, 3.63) is 34.5 Å². The highest BCUT2D eigenvalue weighted by atomic mass is 16.7. The number of fused-ring (bicyclic) bond motifs is 1. The molecule has 1 aliphatic rings. The summed E-state index contributed by atoms with van der Waals surface area (Å²) in [5.74, 6) is -3.99. The first kappa shape index (κ1) is 26.0. The fraction of sp³-hybridized carbons (Fsp3) is 0.333. The molecule has 0 amide bonds. The predicted molar refractivity (Wildman–Crippen MR) is 124 cm³/mol. The van der Waals surface area contributed by atoms with Crippen LogP contribution in [0.4, 0.5) is 0 Å². The highest BCUT2D eigenvalue weighted by Crippen LogP contribution is 2.44. The minimum Gasteiger partial charge on any atom is -0.507 e. The van der Waals surface area contributed by atoms with E-state index in [1.165, 1.54) is 20.1 Å². The molecule has 3 aromatic rings. The van der Waals surface area contributed by atoms with Gasteiger partial charge in [-0.05, 0) is 25.1 Å². The molecule has 1 fully saturated rings. The Morgan fingerprint density at radius 2 is 1.65 bits per heavy atom. The van der Waals surface area contributed by atoms with Crippen LogP contribution in [0.3, 0.4) is 0 Å². The summed E-state index contributed by atoms with van der Waals surface area (Å²) in [5.41, 5.74) is -1.44. The molecule has 1 aromatic heterocycles. The van der Waals surface area contributed by atoms with Gasteiger partial charge in [-0.15, -0.1) is 0 Å². The van der Waals surface area contributed by atoms with E-state index in [2.05, 4.69) is 0 Å². The van der Waals surface area contributed by atoms with E-state index >= 15 is 0 Å². The lowest BCUT2D eigenvalue weighted by Crippen LogP contribution is -2.58. The number of hydrogen-bond acceptors (Lipinski definition) is 13. The van der Waals surface area contributed by atoms with Crippen LogP contribution in [0, 0.1) is 0 Å². The van der Waals surface area contributed by atoms with Crippen LogP contribution in [-0.4, -0.2) is 74.4 Å². The van der Waals surface area contributed by atoms with Crippen molar-refractivity contribution >= 4 is 16.9 Å². The second-order valence-electron chi connectivity index (χ2n) is 8.32. The van der Waals surface area contributed by atoms with Crippen molar-refractivity contribution < 1.29 is 58.8 Å². The Morgan fingerprint density at radius 3 is 2.27 bits per heavy atom. The molecule has 1 saturated heterocycles. The third-order valence-corrected chi connectivity index (χ3v) is 5.77. The van der Waals surface area contributed by atoms with E-state index in [1.54, 1.807) is 0 Å². The number of aliphatic hydroxyl groups excluding tert-OH is 3. The molecule has 0 saturated carbocycles. The molecule has 2 unspecified atom stereocenters. The SMILES string of the molecule is COc1cc(O)c2c(=O)c(O[C@@H]3OC(C)[C@H](O)C(O)[C@@H]3O)c(-c3ccc(O)c(O)c3)oc2c1OC(C)=O. The monoisotopic (exact) mass is 520 g/mol. The molecule has 13 heteroatoms. The minimum absolute atomic E-state index is 0.0145. The van der Waals surface area contributed by atoms with Gasteiger partial charge in [0, 0.05) is 18.6 Å². The van der Waals surface area contributed by atoms with E-state index in [9.17, 15) is 40.2 Å². The van der Waals surface area contributed by atoms with Crippen LogP contribution in [0.25, 0.3) is 22.3 Å². The second-order valence-corrected chi connectivity index (χ2v) is 8.32. The van der Waals surface area contributed by atoms with Gasteiger partial charge in [0.05, 0.1) is 13.2 Å². The fourth-order valence-corrected chi connectivity index (χ4v) is 3.87. The molecule has 0 spiro atoms. The summed E-state index contributed by atoms with van der Waals surface area (Å²) >= 11 is 0. The number of aliphatic hydroxyl groups is 3. The van der Waals surface area contributed by atoms with Crippen LogP contribution in [0.1, 0.15) is 13.8 Å². The third-order valence-electron chi connectivity index (χ3n) is 5.77. The number of benzene rings is 2. The number of carbonyl (C=O) groups excluding carboxylic acids is 1. The van der Waals surface area contributed by atoms with Crippen molar-refractivity contribution in [1.29, 1.82) is 0 Å². The number of carbonyl (C=O) groups is 1. The van der Waals surface area contributed by atoms with Crippen LogP contribution in [0.2, 0.25) is 0 Å². The summed E-state index contributed by atoms with van der Waals surface area (Å²) in [4.78, 5) is 25.4. The van der Waals surface area contributed by atoms with E-state index in [1.807, 2.05) is 0 Å². The van der Waals surface area contributed by atoms with Crippen LogP contribution in [-0.2, 0) is 9.53 Å². The standard InChI is InChI=1S/C24H24O13/c1-8-16(29)18(31)19(32)24(34-8)37-23-17(30)15-13(28)7-14(33-3)21(35-9(2)25)22(15)36-20(23)10-4-5-11(26)12(27)6-10/h4-8,16,18-19,24,26-29,31-32H,1-3H3/t8?,16-,18?,19-,24-/m0/s1. The fourth-order valence-electron chi connectivity index (χ4n) is 3.87. The molecule has 2 aromatic carbocycles. The lowest BCUT2D eigenvalue weighted by Gasteiger charge is -2.38. The maximum Gasteiger partial charge on any atom is 0.308 e. The average Bonchev–Trinajstić information content (AvgIpc) is 2.85. The molecule has 0 radical (unpaired) electrons. The number of phenolic OH excluding ortho intramolecular Hbond substituents is 3. The van der Waals surface area contributed by atoms with Crippen LogP contribution >= 0.6 is 0 Å². The molecule has 13 nitrogen and oxygen atoms in total. The quantitative estimate of drug-likeness (QED) is 0.156. The van der Waals surface area contributed by atoms with Gasteiger partial charge in [0.2, 0.25) is 23.2 Å². The highest BCUT2D eigenvalue weighted by molar-refractivity contribution is 5.94. The van der Waals surface area contributed by atoms with Gasteiger partial charge < -0.3 is 54.0 Å². The van der Waals surface area contributed by atoms with Crippen LogP contribution in [0.15, 0.2) is 33.5 Å². The molecule has 37 heavy (non-hydrogen) atoms. The van der Waals surface area contributed by atoms with Crippen molar-refractivity contribution in [3.63, 3.8) is 0 Å². The van der Waals surface area contributed by atoms with E-state index < -0.39 is 81.8 Å². The number of esters is 1. The summed E-state index contributed by atoms with van der Waals surface area (Å²) in [5, 5.41) is 60.4. The predicted octanol–water partition coefficient (Wildman–Crippen LogP) is 0.717. The Bertz CT molecular complexity index is 1410. The van der Waals surface area contributed by atoms with E-state index in [0.717, 1.165) is 25.1 Å². The molecule has 0 bridgehead atoms. The Hall–Kier alpha value is -4.04. The minimum atomic E-state index is -1.80. The zero-order valence-corrected chi connectivity index (χ0v) is 19.7. The second kappa shape index (κ2) is 9.78. The summed E-state index contributed by atoms with van der Waals surface area (Å²) in [7, 11) is 1.23. The molecule has 0 aliphatic carbocycles. The Kier molecular flexibility index (Phi) is 6.88. The van der Waals surface area contributed by atoms with Crippen molar-refractivity contribution in [2.75, 3.05) is 7.11 Å². The first-order valence-corrected chi connectivity index (χ1v) is 10.9. The Balaban J connectivity index is 2.02. The topological polar surface area (TPSA) is 206 Å². The van der Waals surface area contributed by atoms with E-state index in [0.29, 0.717) is 0 Å². The molecule has 1 aliphatic heterocycles. The van der Waals surface area contributed by atoms with Crippen LogP contribution in [0.5, 0.6) is 34.5 Å². The van der Waals surface area contributed by atoms with Gasteiger partial charge in [-0.3, -0.25) is 9.59 Å². The largest absolute Gasteiger partial charge is 0.507 e. The van der Waals surface area contributed by atoms with Crippen molar-refractivity contribution in [3.8, 4) is 45.8 Å². The molecule has 5 atom stereocenters. The molecule has 2 heterocycles. The average molecular weight is 520 g/mol. The number of hydrogen-bond donors (Lipinski definition) is 6. The smallest absolute Gasteiger partial charge is 0.308 e. The van der Waals surface area contributed by atoms with E-state index in [-0.39, 0.29) is 17.1 Å². The Morgan fingerprint density at radius 1 is 0.946 bits per heavy atom. The highest BCUT2D eigenvalue weighted by Gasteiger charge is 2.44. The first-order chi connectivity index (χ1) is 17.4. The third kappa shape index (κ3) is 4.60. The molecule has 6 N–H and O–H groups in total. The van der Waals surface area contributed by atoms with Crippen molar-refractivity contribution in [1.82, 2.24) is 0 Å². The summed E-state index contributed by atoms with van der Waals surface area (Å²) < 4.78 is 27.3. The van der Waals surface area contributed by atoms with Gasteiger partial charge in [-0.1, -0.05) is 0 Å². The van der Waals surface area contributed by atoms with Crippen molar-refractivity contribution in [2.24, 2.45) is 0 Å². The summed E-state index contributed by atoms with van der Waals surface area (Å²) in [6.07, 6.45) is -7.62. The van der Waals surface area contributed by atoms with Gasteiger partial charge in [-0.25, -0.2) is 0 Å².